The summed E-state index contributed by atoms with van der Waals surface area (Å²) in [6, 6.07) is 8.78. The van der Waals surface area contributed by atoms with Crippen LogP contribution in [0, 0.1) is 17.8 Å². The van der Waals surface area contributed by atoms with Crippen LogP contribution in [0.1, 0.15) is 45.4 Å². The van der Waals surface area contributed by atoms with Crippen LogP contribution in [0.3, 0.4) is 0 Å². The lowest BCUT2D eigenvalue weighted by molar-refractivity contribution is 0.278. The number of likely N-dealkylation sites (tertiary alicyclic amines) is 1. The lowest BCUT2D eigenvalue weighted by atomic mass is 9.82. The van der Waals surface area contributed by atoms with E-state index in [1.165, 1.54) is 25.7 Å². The first-order valence-corrected chi connectivity index (χ1v) is 13.1. The van der Waals surface area contributed by atoms with Gasteiger partial charge in [0.05, 0.1) is 4.90 Å². The third-order valence-corrected chi connectivity index (χ3v) is 8.98. The van der Waals surface area contributed by atoms with Gasteiger partial charge < -0.3 is 10.2 Å². The fourth-order valence-electron chi connectivity index (χ4n) is 5.29. The van der Waals surface area contributed by atoms with Gasteiger partial charge in [-0.25, -0.2) is 8.42 Å². The zero-order chi connectivity index (χ0) is 21.0. The molecule has 2 aliphatic heterocycles. The summed E-state index contributed by atoms with van der Waals surface area (Å²) in [4.78, 5) is 7.85. The van der Waals surface area contributed by atoms with Crippen molar-refractivity contribution in [1.82, 2.24) is 14.5 Å². The molecule has 2 atom stereocenters. The van der Waals surface area contributed by atoms with E-state index in [0.717, 1.165) is 56.8 Å². The molecule has 2 unspecified atom stereocenters. The molecule has 0 amide bonds. The minimum atomic E-state index is -3.37. The summed E-state index contributed by atoms with van der Waals surface area (Å²) < 4.78 is 27.3. The van der Waals surface area contributed by atoms with Crippen LogP contribution in [0.5, 0.6) is 0 Å². The summed E-state index contributed by atoms with van der Waals surface area (Å²) in [6.07, 6.45) is 7.25. The van der Waals surface area contributed by atoms with Crippen LogP contribution in [0.2, 0.25) is 0 Å². The molecular weight excluding hydrogens is 523 g/mol. The van der Waals surface area contributed by atoms with Gasteiger partial charge in [0.15, 0.2) is 5.96 Å². The van der Waals surface area contributed by atoms with Crippen molar-refractivity contribution in [3.05, 3.63) is 30.3 Å². The molecule has 1 aromatic rings. The highest BCUT2D eigenvalue weighted by Crippen LogP contribution is 2.36. The van der Waals surface area contributed by atoms with Crippen LogP contribution in [0.4, 0.5) is 0 Å². The summed E-state index contributed by atoms with van der Waals surface area (Å²) in [5, 5.41) is 3.50. The summed E-state index contributed by atoms with van der Waals surface area (Å²) in [6.45, 7) is 7.26. The minimum absolute atomic E-state index is 0. The van der Waals surface area contributed by atoms with E-state index in [0.29, 0.717) is 23.9 Å². The number of aliphatic imine (C=N–C) groups is 1. The number of hydrogen-bond donors (Lipinski definition) is 1. The van der Waals surface area contributed by atoms with Gasteiger partial charge in [-0.3, -0.25) is 4.99 Å². The second-order valence-electron chi connectivity index (χ2n) is 9.06. The number of halogens is 1. The van der Waals surface area contributed by atoms with Crippen molar-refractivity contribution in [2.24, 2.45) is 22.7 Å². The van der Waals surface area contributed by atoms with E-state index >= 15 is 0 Å². The highest BCUT2D eigenvalue weighted by atomic mass is 127. The van der Waals surface area contributed by atoms with Gasteiger partial charge in [0.1, 0.15) is 0 Å². The quantitative estimate of drug-likeness (QED) is 0.338. The van der Waals surface area contributed by atoms with Crippen LogP contribution in [0.25, 0.3) is 0 Å². The van der Waals surface area contributed by atoms with Gasteiger partial charge in [-0.15, -0.1) is 24.0 Å². The molecule has 174 valence electrons. The van der Waals surface area contributed by atoms with Crippen LogP contribution in [-0.4, -0.2) is 62.9 Å². The Hall–Kier alpha value is -0.870. The maximum Gasteiger partial charge on any atom is 0.243 e. The fraction of sp³-hybridized carbons (Fsp3) is 0.696. The molecule has 1 aliphatic carbocycles. The number of sulfonamides is 1. The van der Waals surface area contributed by atoms with E-state index in [1.807, 2.05) is 6.07 Å². The Morgan fingerprint density at radius 3 is 2.23 bits per heavy atom. The summed E-state index contributed by atoms with van der Waals surface area (Å²) in [7, 11) is -3.37. The molecule has 0 bridgehead atoms. The third kappa shape index (κ3) is 5.93. The van der Waals surface area contributed by atoms with Crippen molar-refractivity contribution < 1.29 is 8.42 Å². The van der Waals surface area contributed by atoms with Crippen molar-refractivity contribution in [1.29, 1.82) is 0 Å². The monoisotopic (exact) mass is 560 g/mol. The molecule has 4 rings (SSSR count). The lowest BCUT2D eigenvalue weighted by Crippen LogP contribution is -2.41. The normalized spacial score (nSPS) is 25.7. The first kappa shape index (κ1) is 24.8. The molecule has 8 heteroatoms. The van der Waals surface area contributed by atoms with Gasteiger partial charge in [-0.05, 0) is 62.5 Å². The average molecular weight is 561 g/mol. The third-order valence-electron chi connectivity index (χ3n) is 7.06. The van der Waals surface area contributed by atoms with Gasteiger partial charge in [-0.1, -0.05) is 31.0 Å². The molecular formula is C23H37IN4O2S. The van der Waals surface area contributed by atoms with Gasteiger partial charge in [0.25, 0.3) is 0 Å². The second kappa shape index (κ2) is 11.3. The Balaban J connectivity index is 0.00000272. The van der Waals surface area contributed by atoms with E-state index in [-0.39, 0.29) is 24.0 Å². The predicted molar refractivity (Wildman–Crippen MR) is 136 cm³/mol. The van der Waals surface area contributed by atoms with E-state index in [2.05, 4.69) is 17.1 Å². The molecule has 1 saturated carbocycles. The molecule has 1 N–H and O–H groups in total. The number of rotatable bonds is 5. The van der Waals surface area contributed by atoms with Gasteiger partial charge in [0, 0.05) is 39.3 Å². The van der Waals surface area contributed by atoms with E-state index in [1.54, 1.807) is 28.6 Å². The van der Waals surface area contributed by atoms with Gasteiger partial charge >= 0.3 is 0 Å². The topological polar surface area (TPSA) is 65.0 Å². The molecule has 31 heavy (non-hydrogen) atoms. The first-order chi connectivity index (χ1) is 14.6. The number of nitrogens with zero attached hydrogens (tertiary/aromatic N) is 3. The highest BCUT2D eigenvalue weighted by molar-refractivity contribution is 14.0. The standard InChI is InChI=1S/C23H36N4O2S.HI/c1-2-24-23(26-17-20-8-6-7-9-21(20)18-26)25-16-19-12-14-27(15-13-19)30(28,29)22-10-4-3-5-11-22;/h3-5,10-11,19-21H,2,6-9,12-18H2,1H3,(H,24,25);1H. The van der Waals surface area contributed by atoms with E-state index in [9.17, 15) is 8.42 Å². The zero-order valence-corrected chi connectivity index (χ0v) is 21.7. The Labute approximate surface area is 204 Å². The minimum Gasteiger partial charge on any atom is -0.357 e. The number of fused-ring (bicyclic) bond motifs is 1. The number of nitrogens with one attached hydrogen (secondary N) is 1. The highest BCUT2D eigenvalue weighted by Gasteiger charge is 2.36. The molecule has 0 radical (unpaired) electrons. The molecule has 0 aromatic heterocycles. The average Bonchev–Trinajstić information content (AvgIpc) is 3.21. The summed E-state index contributed by atoms with van der Waals surface area (Å²) in [5.41, 5.74) is 0. The van der Waals surface area contributed by atoms with Crippen molar-refractivity contribution >= 4 is 40.0 Å². The van der Waals surface area contributed by atoms with Crippen molar-refractivity contribution in [3.8, 4) is 0 Å². The SMILES string of the molecule is CCNC(=NCC1CCN(S(=O)(=O)c2ccccc2)CC1)N1CC2CCCCC2C1.I. The maximum absolute atomic E-state index is 12.8. The van der Waals surface area contributed by atoms with Crippen LogP contribution >= 0.6 is 24.0 Å². The number of benzene rings is 1. The van der Waals surface area contributed by atoms with Crippen molar-refractivity contribution in [2.75, 3.05) is 39.3 Å². The largest absolute Gasteiger partial charge is 0.357 e. The molecule has 2 saturated heterocycles. The molecule has 3 fully saturated rings. The van der Waals surface area contributed by atoms with Crippen molar-refractivity contribution in [3.63, 3.8) is 0 Å². The molecule has 3 aliphatic rings. The number of hydrogen-bond acceptors (Lipinski definition) is 3. The summed E-state index contributed by atoms with van der Waals surface area (Å²) >= 11 is 0. The van der Waals surface area contributed by atoms with Crippen LogP contribution in [0.15, 0.2) is 40.2 Å². The second-order valence-corrected chi connectivity index (χ2v) is 11.0. The zero-order valence-electron chi connectivity index (χ0n) is 18.6. The van der Waals surface area contributed by atoms with Gasteiger partial charge in [0.2, 0.25) is 10.0 Å². The number of piperidine rings is 1. The summed E-state index contributed by atoms with van der Waals surface area (Å²) in [5.74, 6) is 3.19. The Bertz CT molecular complexity index is 811. The first-order valence-electron chi connectivity index (χ1n) is 11.7. The van der Waals surface area contributed by atoms with Crippen LogP contribution < -0.4 is 5.32 Å². The van der Waals surface area contributed by atoms with Crippen LogP contribution in [-0.2, 0) is 10.0 Å². The van der Waals surface area contributed by atoms with E-state index < -0.39 is 10.0 Å². The lowest BCUT2D eigenvalue weighted by Gasteiger charge is -2.31. The fourth-order valence-corrected chi connectivity index (χ4v) is 6.78. The Morgan fingerprint density at radius 1 is 1.03 bits per heavy atom. The Kier molecular flexibility index (Phi) is 9.04. The molecule has 0 spiro atoms. The van der Waals surface area contributed by atoms with Crippen molar-refractivity contribution in [2.45, 2.75) is 50.3 Å². The maximum atomic E-state index is 12.8. The molecule has 6 nitrogen and oxygen atoms in total. The van der Waals surface area contributed by atoms with Gasteiger partial charge in [-0.2, -0.15) is 4.31 Å². The predicted octanol–water partition coefficient (Wildman–Crippen LogP) is 3.79. The number of guanidine groups is 1. The van der Waals surface area contributed by atoms with E-state index in [4.69, 9.17) is 4.99 Å². The Morgan fingerprint density at radius 2 is 1.65 bits per heavy atom. The molecule has 2 heterocycles. The molecule has 1 aromatic carbocycles. The smallest absolute Gasteiger partial charge is 0.243 e.